The molecular weight excluding hydrogens is 373 g/mol. The van der Waals surface area contributed by atoms with Crippen LogP contribution in [-0.4, -0.2) is 46.3 Å². The maximum atomic E-state index is 13.3. The number of nitrogens with one attached hydrogen (secondary N) is 1. The molecule has 1 saturated carbocycles. The highest BCUT2D eigenvalue weighted by Gasteiger charge is 2.52. The molecule has 1 atom stereocenters. The molecule has 2 fully saturated rings. The largest absolute Gasteiger partial charge is 0.336 e. The second kappa shape index (κ2) is 8.51. The molecule has 29 heavy (non-hydrogen) atoms. The van der Waals surface area contributed by atoms with Crippen molar-refractivity contribution in [2.45, 2.75) is 76.9 Å². The van der Waals surface area contributed by atoms with E-state index in [0.29, 0.717) is 12.0 Å². The zero-order chi connectivity index (χ0) is 21.2. The predicted molar refractivity (Wildman–Crippen MR) is 107 cm³/mol. The Morgan fingerprint density at radius 1 is 1.21 bits per heavy atom. The summed E-state index contributed by atoms with van der Waals surface area (Å²) in [5.74, 6) is -1.08. The second-order valence-corrected chi connectivity index (χ2v) is 8.27. The molecule has 0 radical (unpaired) electrons. The first-order chi connectivity index (χ1) is 13.8. The number of imide groups is 1. The van der Waals surface area contributed by atoms with Gasteiger partial charge in [0, 0.05) is 12.1 Å². The Labute approximate surface area is 171 Å². The van der Waals surface area contributed by atoms with Crippen LogP contribution in [0.15, 0.2) is 24.3 Å². The van der Waals surface area contributed by atoms with E-state index in [1.807, 2.05) is 18.7 Å². The molecule has 158 valence electrons. The maximum Gasteiger partial charge on any atom is 0.325 e. The van der Waals surface area contributed by atoms with Gasteiger partial charge in [-0.05, 0) is 50.8 Å². The molecule has 6 nitrogen and oxygen atoms in total. The van der Waals surface area contributed by atoms with E-state index in [1.54, 1.807) is 6.92 Å². The number of halogens is 1. The minimum absolute atomic E-state index is 0.000558. The Morgan fingerprint density at radius 3 is 2.38 bits per heavy atom. The van der Waals surface area contributed by atoms with Crippen molar-refractivity contribution in [3.63, 3.8) is 0 Å². The van der Waals surface area contributed by atoms with E-state index in [1.165, 1.54) is 30.7 Å². The first-order valence-electron chi connectivity index (χ1n) is 10.5. The number of hydrogen-bond acceptors (Lipinski definition) is 3. The van der Waals surface area contributed by atoms with Crippen molar-refractivity contribution in [2.75, 3.05) is 6.54 Å². The number of nitrogens with zero attached hydrogens (tertiary/aromatic N) is 2. The first-order valence-corrected chi connectivity index (χ1v) is 10.5. The van der Waals surface area contributed by atoms with Crippen LogP contribution >= 0.6 is 0 Å². The zero-order valence-electron chi connectivity index (χ0n) is 17.4. The van der Waals surface area contributed by atoms with E-state index in [2.05, 4.69) is 5.32 Å². The summed E-state index contributed by atoms with van der Waals surface area (Å²) in [5, 5.41) is 2.75. The van der Waals surface area contributed by atoms with Gasteiger partial charge in [-0.1, -0.05) is 38.3 Å². The van der Waals surface area contributed by atoms with Crippen molar-refractivity contribution < 1.29 is 18.8 Å². The summed E-state index contributed by atoms with van der Waals surface area (Å²) in [6, 6.07) is 5.12. The van der Waals surface area contributed by atoms with Crippen LogP contribution in [0.5, 0.6) is 0 Å². The number of hydrogen-bond donors (Lipinski definition) is 1. The lowest BCUT2D eigenvalue weighted by Gasteiger charge is -2.38. The lowest BCUT2D eigenvalue weighted by Crippen LogP contribution is -2.51. The number of carbonyl (C=O) groups excluding carboxylic acids is 3. The van der Waals surface area contributed by atoms with Crippen LogP contribution in [0.1, 0.15) is 64.9 Å². The third-order valence-electron chi connectivity index (χ3n) is 6.15. The number of benzene rings is 1. The van der Waals surface area contributed by atoms with Gasteiger partial charge in [0.2, 0.25) is 5.91 Å². The Morgan fingerprint density at radius 2 is 1.83 bits per heavy atom. The van der Waals surface area contributed by atoms with Gasteiger partial charge in [0.05, 0.1) is 0 Å². The maximum absolute atomic E-state index is 13.3. The summed E-state index contributed by atoms with van der Waals surface area (Å²) in [5.41, 5.74) is -0.749. The molecule has 1 aromatic rings. The average molecular weight is 403 g/mol. The number of carbonyl (C=O) groups is 3. The van der Waals surface area contributed by atoms with Gasteiger partial charge in [-0.3, -0.25) is 14.5 Å². The molecule has 0 bridgehead atoms. The highest BCUT2D eigenvalue weighted by Crippen LogP contribution is 2.33. The molecule has 3 rings (SSSR count). The number of rotatable bonds is 6. The molecule has 1 N–H and O–H groups in total. The van der Waals surface area contributed by atoms with Crippen molar-refractivity contribution in [2.24, 2.45) is 0 Å². The van der Waals surface area contributed by atoms with Crippen LogP contribution in [0.4, 0.5) is 9.18 Å². The molecule has 7 heteroatoms. The Balaban J connectivity index is 1.81. The third kappa shape index (κ3) is 4.00. The minimum Gasteiger partial charge on any atom is -0.336 e. The van der Waals surface area contributed by atoms with Gasteiger partial charge in [0.25, 0.3) is 5.91 Å². The Hall–Kier alpha value is -2.44. The number of urea groups is 1. The normalized spacial score (nSPS) is 22.9. The second-order valence-electron chi connectivity index (χ2n) is 8.27. The molecule has 1 aromatic carbocycles. The van der Waals surface area contributed by atoms with Crippen LogP contribution in [0.2, 0.25) is 0 Å². The molecule has 4 amide bonds. The first kappa shape index (κ1) is 21.3. The fourth-order valence-corrected chi connectivity index (χ4v) is 4.63. The van der Waals surface area contributed by atoms with Gasteiger partial charge in [-0.25, -0.2) is 9.18 Å². The summed E-state index contributed by atoms with van der Waals surface area (Å²) in [6.45, 7) is 5.44. The molecule has 0 aromatic heterocycles. The van der Waals surface area contributed by atoms with E-state index in [0.717, 1.165) is 30.6 Å². The standard InChI is InChI=1S/C22H30FN3O3/c1-4-22(16-10-12-17(23)13-11-16)20(28)25(21(29)24-22)14-19(27)26(15(2)3)18-8-6-5-7-9-18/h10-13,15,18H,4-9,14H2,1-3H3,(H,24,29). The van der Waals surface area contributed by atoms with E-state index in [4.69, 9.17) is 0 Å². The fraction of sp³-hybridized carbons (Fsp3) is 0.591. The average Bonchev–Trinajstić information content (AvgIpc) is 2.94. The predicted octanol–water partition coefficient (Wildman–Crippen LogP) is 3.55. The van der Waals surface area contributed by atoms with Crippen LogP contribution in [0.3, 0.4) is 0 Å². The lowest BCUT2D eigenvalue weighted by atomic mass is 9.87. The number of amides is 4. The molecular formula is C22H30FN3O3. The van der Waals surface area contributed by atoms with Crippen molar-refractivity contribution in [1.29, 1.82) is 0 Å². The molecule has 1 heterocycles. The molecule has 2 aliphatic rings. The Bertz CT molecular complexity index is 774. The summed E-state index contributed by atoms with van der Waals surface area (Å²) >= 11 is 0. The van der Waals surface area contributed by atoms with Crippen LogP contribution in [0, 0.1) is 5.82 Å². The van der Waals surface area contributed by atoms with Gasteiger partial charge in [-0.2, -0.15) is 0 Å². The smallest absolute Gasteiger partial charge is 0.325 e. The van der Waals surface area contributed by atoms with Crippen molar-refractivity contribution in [3.8, 4) is 0 Å². The zero-order valence-corrected chi connectivity index (χ0v) is 17.4. The van der Waals surface area contributed by atoms with Gasteiger partial charge in [0.15, 0.2) is 0 Å². The molecule has 0 spiro atoms. The van der Waals surface area contributed by atoms with Gasteiger partial charge in [-0.15, -0.1) is 0 Å². The fourth-order valence-electron chi connectivity index (χ4n) is 4.63. The Kier molecular flexibility index (Phi) is 6.24. The molecule has 1 saturated heterocycles. The van der Waals surface area contributed by atoms with Gasteiger partial charge < -0.3 is 10.2 Å². The molecule has 1 aliphatic carbocycles. The summed E-state index contributed by atoms with van der Waals surface area (Å²) in [4.78, 5) is 41.8. The minimum atomic E-state index is -1.27. The van der Waals surface area contributed by atoms with E-state index >= 15 is 0 Å². The van der Waals surface area contributed by atoms with Gasteiger partial charge >= 0.3 is 6.03 Å². The van der Waals surface area contributed by atoms with Crippen LogP contribution in [0.25, 0.3) is 0 Å². The molecule has 1 unspecified atom stereocenters. The van der Waals surface area contributed by atoms with Crippen molar-refractivity contribution >= 4 is 17.8 Å². The topological polar surface area (TPSA) is 69.7 Å². The molecule has 1 aliphatic heterocycles. The van der Waals surface area contributed by atoms with Gasteiger partial charge in [0.1, 0.15) is 17.9 Å². The van der Waals surface area contributed by atoms with Crippen molar-refractivity contribution in [3.05, 3.63) is 35.6 Å². The SMILES string of the molecule is CCC1(c2ccc(F)cc2)NC(=O)N(CC(=O)N(C(C)C)C2CCCCC2)C1=O. The third-order valence-corrected chi connectivity index (χ3v) is 6.15. The monoisotopic (exact) mass is 403 g/mol. The summed E-state index contributed by atoms with van der Waals surface area (Å²) < 4.78 is 13.3. The highest BCUT2D eigenvalue weighted by atomic mass is 19.1. The highest BCUT2D eigenvalue weighted by molar-refractivity contribution is 6.09. The van der Waals surface area contributed by atoms with Crippen molar-refractivity contribution in [1.82, 2.24) is 15.1 Å². The van der Waals surface area contributed by atoms with E-state index < -0.39 is 23.3 Å². The van der Waals surface area contributed by atoms with Crippen LogP contribution < -0.4 is 5.32 Å². The van der Waals surface area contributed by atoms with Crippen LogP contribution in [-0.2, 0) is 15.1 Å². The van der Waals surface area contributed by atoms with E-state index in [-0.39, 0.29) is 24.5 Å². The quantitative estimate of drug-likeness (QED) is 0.739. The summed E-state index contributed by atoms with van der Waals surface area (Å²) in [6.07, 6.45) is 5.59. The lowest BCUT2D eigenvalue weighted by molar-refractivity contribution is -0.142. The van der Waals surface area contributed by atoms with E-state index in [9.17, 15) is 18.8 Å². The summed E-state index contributed by atoms with van der Waals surface area (Å²) in [7, 11) is 0.